The molecule has 0 saturated heterocycles. The lowest BCUT2D eigenvalue weighted by Gasteiger charge is -2.15. The molecule has 1 amide bonds. The Hall–Kier alpha value is -0.570. The summed E-state index contributed by atoms with van der Waals surface area (Å²) in [5.41, 5.74) is 0. The van der Waals surface area contributed by atoms with Crippen molar-refractivity contribution in [2.24, 2.45) is 0 Å². The van der Waals surface area contributed by atoms with Crippen LogP contribution in [0.25, 0.3) is 0 Å². The third-order valence-electron chi connectivity index (χ3n) is 0.883. The van der Waals surface area contributed by atoms with Gasteiger partial charge in [0, 0.05) is 6.92 Å². The van der Waals surface area contributed by atoms with Gasteiger partial charge in [-0.15, -0.1) is 0 Å². The molecule has 0 heterocycles. The summed E-state index contributed by atoms with van der Waals surface area (Å²) in [6, 6.07) is 0. The van der Waals surface area contributed by atoms with Gasteiger partial charge in [-0.05, 0) is 20.8 Å². The number of carbonyl (C=O) groups excluding carboxylic acids is 1. The maximum atomic E-state index is 10.4. The van der Waals surface area contributed by atoms with Gasteiger partial charge in [0.25, 0.3) is 0 Å². The highest BCUT2D eigenvalue weighted by Crippen LogP contribution is 1.92. The maximum absolute atomic E-state index is 10.4. The second-order valence-electron chi connectivity index (χ2n) is 2.53. The summed E-state index contributed by atoms with van der Waals surface area (Å²) in [5.74, 6) is -0.0619. The quantitative estimate of drug-likeness (QED) is 0.599. The topological polar surface area (TPSA) is 38.3 Å². The Morgan fingerprint density at radius 2 is 1.90 bits per heavy atom. The molecule has 0 aliphatic heterocycles. The van der Waals surface area contributed by atoms with E-state index in [2.05, 4.69) is 5.32 Å². The van der Waals surface area contributed by atoms with E-state index >= 15 is 0 Å². The fourth-order valence-electron chi connectivity index (χ4n) is 0.729. The van der Waals surface area contributed by atoms with E-state index in [1.54, 1.807) is 6.92 Å². The zero-order valence-electron chi connectivity index (χ0n) is 6.97. The molecule has 10 heavy (non-hydrogen) atoms. The predicted octanol–water partition coefficient (Wildman–Crippen LogP) is 0.893. The van der Waals surface area contributed by atoms with Crippen molar-refractivity contribution in [2.45, 2.75) is 40.0 Å². The van der Waals surface area contributed by atoms with E-state index in [-0.39, 0.29) is 18.2 Å². The molecule has 0 spiro atoms. The summed E-state index contributed by atoms with van der Waals surface area (Å²) in [6.07, 6.45) is -0.0284. The highest BCUT2D eigenvalue weighted by Gasteiger charge is 2.03. The van der Waals surface area contributed by atoms with Crippen LogP contribution < -0.4 is 5.32 Å². The van der Waals surface area contributed by atoms with Crippen LogP contribution in [0.5, 0.6) is 0 Å². The fourth-order valence-corrected chi connectivity index (χ4v) is 0.729. The summed E-state index contributed by atoms with van der Waals surface area (Å²) in [4.78, 5) is 10.4. The number of nitrogens with one attached hydrogen (secondary N) is 1. The van der Waals surface area contributed by atoms with E-state index in [0.717, 1.165) is 0 Å². The van der Waals surface area contributed by atoms with Gasteiger partial charge in [0.1, 0.15) is 6.23 Å². The van der Waals surface area contributed by atoms with E-state index in [1.807, 2.05) is 13.8 Å². The highest BCUT2D eigenvalue weighted by molar-refractivity contribution is 5.72. The Kier molecular flexibility index (Phi) is 4.03. The second kappa shape index (κ2) is 4.28. The molecule has 0 aromatic heterocycles. The van der Waals surface area contributed by atoms with Gasteiger partial charge in [-0.2, -0.15) is 0 Å². The van der Waals surface area contributed by atoms with Crippen LogP contribution in [0.3, 0.4) is 0 Å². The molecule has 0 fully saturated rings. The maximum Gasteiger partial charge on any atom is 0.218 e. The van der Waals surface area contributed by atoms with Crippen molar-refractivity contribution in [3.05, 3.63) is 0 Å². The standard InChI is InChI=1S/C7H15NO2/c1-5(2)10-7(4)8-6(3)9/h5,7H,1-4H3,(H,8,9)/t7-/m0/s1. The zero-order valence-corrected chi connectivity index (χ0v) is 6.97. The average molecular weight is 145 g/mol. The minimum absolute atomic E-state index is 0.0619. The van der Waals surface area contributed by atoms with Crippen LogP contribution >= 0.6 is 0 Å². The number of carbonyl (C=O) groups is 1. The second-order valence-corrected chi connectivity index (χ2v) is 2.53. The van der Waals surface area contributed by atoms with Crippen molar-refractivity contribution >= 4 is 5.91 Å². The normalized spacial score (nSPS) is 13.3. The van der Waals surface area contributed by atoms with Crippen molar-refractivity contribution in [2.75, 3.05) is 0 Å². The fraction of sp³-hybridized carbons (Fsp3) is 0.857. The van der Waals surface area contributed by atoms with Crippen molar-refractivity contribution in [3.63, 3.8) is 0 Å². The van der Waals surface area contributed by atoms with Crippen LogP contribution in [0.1, 0.15) is 27.7 Å². The molecule has 0 radical (unpaired) electrons. The van der Waals surface area contributed by atoms with Crippen LogP contribution in [-0.2, 0) is 9.53 Å². The van der Waals surface area contributed by atoms with Crippen LogP contribution in [0.15, 0.2) is 0 Å². The van der Waals surface area contributed by atoms with Gasteiger partial charge in [-0.1, -0.05) is 0 Å². The van der Waals surface area contributed by atoms with E-state index in [9.17, 15) is 4.79 Å². The minimum Gasteiger partial charge on any atom is -0.356 e. The third-order valence-corrected chi connectivity index (χ3v) is 0.883. The van der Waals surface area contributed by atoms with Gasteiger partial charge in [-0.3, -0.25) is 4.79 Å². The molecule has 0 aromatic rings. The van der Waals surface area contributed by atoms with Gasteiger partial charge in [-0.25, -0.2) is 0 Å². The monoisotopic (exact) mass is 145 g/mol. The lowest BCUT2D eigenvalue weighted by molar-refractivity contribution is -0.123. The lowest BCUT2D eigenvalue weighted by Crippen LogP contribution is -2.34. The zero-order chi connectivity index (χ0) is 8.15. The van der Waals surface area contributed by atoms with E-state index in [0.29, 0.717) is 0 Å². The Morgan fingerprint density at radius 1 is 1.40 bits per heavy atom. The molecule has 0 bridgehead atoms. The first kappa shape index (κ1) is 9.43. The molecule has 1 N–H and O–H groups in total. The van der Waals surface area contributed by atoms with Crippen molar-refractivity contribution < 1.29 is 9.53 Å². The van der Waals surface area contributed by atoms with Crippen molar-refractivity contribution in [1.82, 2.24) is 5.32 Å². The Morgan fingerprint density at radius 3 is 2.20 bits per heavy atom. The molecule has 0 rings (SSSR count). The minimum atomic E-state index is -0.183. The van der Waals surface area contributed by atoms with Crippen LogP contribution in [0.4, 0.5) is 0 Å². The number of rotatable bonds is 3. The number of amides is 1. The molecule has 60 valence electrons. The Labute approximate surface area is 61.8 Å². The van der Waals surface area contributed by atoms with E-state index < -0.39 is 0 Å². The highest BCUT2D eigenvalue weighted by atomic mass is 16.5. The van der Waals surface area contributed by atoms with Crippen molar-refractivity contribution in [3.8, 4) is 0 Å². The smallest absolute Gasteiger partial charge is 0.218 e. The number of hydrogen-bond acceptors (Lipinski definition) is 2. The summed E-state index contributed by atoms with van der Waals surface area (Å²) in [5, 5.41) is 2.61. The Balaban J connectivity index is 3.43. The molecule has 0 saturated carbocycles. The van der Waals surface area contributed by atoms with Crippen molar-refractivity contribution in [1.29, 1.82) is 0 Å². The molecule has 1 atom stereocenters. The molecular formula is C7H15NO2. The molecule has 3 heteroatoms. The van der Waals surface area contributed by atoms with Crippen LogP contribution in [0.2, 0.25) is 0 Å². The summed E-state index contributed by atoms with van der Waals surface area (Å²) < 4.78 is 5.23. The molecule has 3 nitrogen and oxygen atoms in total. The van der Waals surface area contributed by atoms with E-state index in [4.69, 9.17) is 4.74 Å². The first-order chi connectivity index (χ1) is 4.52. The lowest BCUT2D eigenvalue weighted by atomic mass is 10.4. The number of hydrogen-bond donors (Lipinski definition) is 1. The third kappa shape index (κ3) is 5.56. The number of ether oxygens (including phenoxy) is 1. The summed E-state index contributed by atoms with van der Waals surface area (Å²) in [7, 11) is 0. The van der Waals surface area contributed by atoms with Gasteiger partial charge in [0.15, 0.2) is 0 Å². The average Bonchev–Trinajstić information content (AvgIpc) is 1.58. The van der Waals surface area contributed by atoms with Gasteiger partial charge in [0.05, 0.1) is 6.10 Å². The molecule has 0 unspecified atom stereocenters. The van der Waals surface area contributed by atoms with Gasteiger partial charge < -0.3 is 10.1 Å². The molecule has 0 aromatic carbocycles. The van der Waals surface area contributed by atoms with Crippen LogP contribution in [-0.4, -0.2) is 18.2 Å². The SMILES string of the molecule is CC(=O)N[C@H](C)OC(C)C. The molecule has 0 aliphatic rings. The molecule has 0 aliphatic carbocycles. The van der Waals surface area contributed by atoms with Crippen LogP contribution in [0, 0.1) is 0 Å². The largest absolute Gasteiger partial charge is 0.356 e. The van der Waals surface area contributed by atoms with E-state index in [1.165, 1.54) is 6.92 Å². The summed E-state index contributed by atoms with van der Waals surface area (Å²) >= 11 is 0. The first-order valence-electron chi connectivity index (χ1n) is 3.45. The Bertz CT molecular complexity index is 112. The summed E-state index contributed by atoms with van der Waals surface area (Å²) in [6.45, 7) is 7.14. The molecular weight excluding hydrogens is 130 g/mol. The van der Waals surface area contributed by atoms with Gasteiger partial charge in [0.2, 0.25) is 5.91 Å². The predicted molar refractivity (Wildman–Crippen MR) is 39.5 cm³/mol. The van der Waals surface area contributed by atoms with Gasteiger partial charge >= 0.3 is 0 Å². The first-order valence-corrected chi connectivity index (χ1v) is 3.45.